The van der Waals surface area contributed by atoms with E-state index in [1.807, 2.05) is 18.4 Å². The average molecular weight is 328 g/mol. The molecule has 0 unspecified atom stereocenters. The molecule has 0 bridgehead atoms. The molecule has 2 aromatic rings. The van der Waals surface area contributed by atoms with E-state index in [1.165, 1.54) is 0 Å². The fourth-order valence-electron chi connectivity index (χ4n) is 1.94. The van der Waals surface area contributed by atoms with Gasteiger partial charge in [-0.3, -0.25) is 4.79 Å². The highest BCUT2D eigenvalue weighted by Gasteiger charge is 2.13. The quantitative estimate of drug-likeness (QED) is 0.726. The van der Waals surface area contributed by atoms with E-state index >= 15 is 0 Å². The normalized spacial score (nSPS) is 12.5. The second-order valence-electron chi connectivity index (χ2n) is 4.68. The molecule has 21 heavy (non-hydrogen) atoms. The number of thioether (sulfide) groups is 1. The summed E-state index contributed by atoms with van der Waals surface area (Å²) in [5, 5.41) is 13.0. The Morgan fingerprint density at radius 2 is 2.38 bits per heavy atom. The topological polar surface area (TPSA) is 78.0 Å². The molecule has 0 aliphatic carbocycles. The van der Waals surface area contributed by atoms with Crippen LogP contribution in [0.4, 0.5) is 0 Å². The van der Waals surface area contributed by atoms with Crippen molar-refractivity contribution in [2.45, 2.75) is 18.9 Å². The van der Waals surface area contributed by atoms with E-state index < -0.39 is 6.10 Å². The third-order valence-corrected chi connectivity index (χ3v) is 3.93. The van der Waals surface area contributed by atoms with Crippen molar-refractivity contribution in [3.05, 3.63) is 29.0 Å². The van der Waals surface area contributed by atoms with E-state index in [2.05, 4.69) is 15.3 Å². The first-order valence-electron chi connectivity index (χ1n) is 6.69. The van der Waals surface area contributed by atoms with Gasteiger partial charge in [-0.25, -0.2) is 4.98 Å². The van der Waals surface area contributed by atoms with E-state index in [-0.39, 0.29) is 5.91 Å². The van der Waals surface area contributed by atoms with Gasteiger partial charge < -0.3 is 15.4 Å². The SMILES string of the molecule is CSCC[C@H](O)C(=O)NCCc1nc2ccc(Cl)cc2[nH]1. The Labute approximate surface area is 132 Å². The van der Waals surface area contributed by atoms with Gasteiger partial charge >= 0.3 is 0 Å². The van der Waals surface area contributed by atoms with E-state index in [1.54, 1.807) is 17.8 Å². The summed E-state index contributed by atoms with van der Waals surface area (Å²) in [6, 6.07) is 5.46. The second-order valence-corrected chi connectivity index (χ2v) is 6.11. The van der Waals surface area contributed by atoms with Crippen molar-refractivity contribution in [3.63, 3.8) is 0 Å². The first-order chi connectivity index (χ1) is 10.1. The molecule has 0 radical (unpaired) electrons. The molecule has 3 N–H and O–H groups in total. The number of hydrogen-bond donors (Lipinski definition) is 3. The maximum absolute atomic E-state index is 11.6. The number of amides is 1. The Hall–Kier alpha value is -1.24. The number of benzene rings is 1. The van der Waals surface area contributed by atoms with Gasteiger partial charge in [0.25, 0.3) is 0 Å². The van der Waals surface area contributed by atoms with Gasteiger partial charge in [-0.05, 0) is 36.6 Å². The van der Waals surface area contributed by atoms with Crippen LogP contribution in [0.1, 0.15) is 12.2 Å². The van der Waals surface area contributed by atoms with Crippen molar-refractivity contribution in [1.29, 1.82) is 0 Å². The minimum atomic E-state index is -0.938. The molecule has 0 saturated carbocycles. The van der Waals surface area contributed by atoms with Crippen molar-refractivity contribution < 1.29 is 9.90 Å². The molecule has 0 saturated heterocycles. The van der Waals surface area contributed by atoms with Crippen molar-refractivity contribution >= 4 is 40.3 Å². The molecule has 0 aliphatic rings. The van der Waals surface area contributed by atoms with Crippen molar-refractivity contribution in [2.24, 2.45) is 0 Å². The summed E-state index contributed by atoms with van der Waals surface area (Å²) in [5.74, 6) is 1.22. The molecule has 1 heterocycles. The van der Waals surface area contributed by atoms with Crippen LogP contribution in [0.15, 0.2) is 18.2 Å². The van der Waals surface area contributed by atoms with Crippen LogP contribution in [0, 0.1) is 0 Å². The van der Waals surface area contributed by atoms with E-state index in [4.69, 9.17) is 11.6 Å². The van der Waals surface area contributed by atoms with Crippen LogP contribution in [0.2, 0.25) is 5.02 Å². The van der Waals surface area contributed by atoms with Crippen molar-refractivity contribution in [1.82, 2.24) is 15.3 Å². The van der Waals surface area contributed by atoms with Crippen LogP contribution in [0.25, 0.3) is 11.0 Å². The van der Waals surface area contributed by atoms with Gasteiger partial charge in [-0.2, -0.15) is 11.8 Å². The molecule has 5 nitrogen and oxygen atoms in total. The maximum atomic E-state index is 11.6. The summed E-state index contributed by atoms with van der Waals surface area (Å²) in [6.45, 7) is 0.433. The van der Waals surface area contributed by atoms with E-state index in [0.717, 1.165) is 22.6 Å². The third-order valence-electron chi connectivity index (χ3n) is 3.05. The Morgan fingerprint density at radius 3 is 3.14 bits per heavy atom. The number of aliphatic hydroxyl groups excluding tert-OH is 1. The summed E-state index contributed by atoms with van der Waals surface area (Å²) in [5.41, 5.74) is 1.73. The lowest BCUT2D eigenvalue weighted by atomic mass is 10.2. The Morgan fingerprint density at radius 1 is 1.57 bits per heavy atom. The number of aromatic amines is 1. The molecule has 1 atom stereocenters. The number of aromatic nitrogens is 2. The Kier molecular flexibility index (Phi) is 5.90. The lowest BCUT2D eigenvalue weighted by Gasteiger charge is -2.09. The maximum Gasteiger partial charge on any atom is 0.248 e. The Bertz CT molecular complexity index is 617. The minimum absolute atomic E-state index is 0.330. The molecule has 0 fully saturated rings. The number of nitrogens with zero attached hydrogens (tertiary/aromatic N) is 1. The lowest BCUT2D eigenvalue weighted by Crippen LogP contribution is -2.36. The van der Waals surface area contributed by atoms with Crippen LogP contribution in [0.3, 0.4) is 0 Å². The fourth-order valence-corrected chi connectivity index (χ4v) is 2.57. The first kappa shape index (κ1) is 16.1. The number of carbonyl (C=O) groups excluding carboxylic acids is 1. The van der Waals surface area contributed by atoms with Gasteiger partial charge in [0, 0.05) is 18.0 Å². The summed E-state index contributed by atoms with van der Waals surface area (Å²) < 4.78 is 0. The van der Waals surface area contributed by atoms with Crippen LogP contribution < -0.4 is 5.32 Å². The zero-order valence-electron chi connectivity index (χ0n) is 11.7. The number of rotatable bonds is 7. The smallest absolute Gasteiger partial charge is 0.248 e. The van der Waals surface area contributed by atoms with Crippen LogP contribution in [-0.2, 0) is 11.2 Å². The third kappa shape index (κ3) is 4.62. The molecule has 2 rings (SSSR count). The first-order valence-corrected chi connectivity index (χ1v) is 8.46. The van der Waals surface area contributed by atoms with E-state index in [0.29, 0.717) is 24.4 Å². The number of fused-ring (bicyclic) bond motifs is 1. The molecule has 7 heteroatoms. The highest BCUT2D eigenvalue weighted by atomic mass is 35.5. The predicted octanol–water partition coefficient (Wildman–Crippen LogP) is 1.99. The zero-order chi connectivity index (χ0) is 15.2. The summed E-state index contributed by atoms with van der Waals surface area (Å²) >= 11 is 7.52. The van der Waals surface area contributed by atoms with Crippen LogP contribution in [0.5, 0.6) is 0 Å². The summed E-state index contributed by atoms with van der Waals surface area (Å²) in [7, 11) is 0. The number of H-pyrrole nitrogens is 1. The fraction of sp³-hybridized carbons (Fsp3) is 0.429. The molecule has 0 spiro atoms. The van der Waals surface area contributed by atoms with Gasteiger partial charge in [0.05, 0.1) is 11.0 Å². The molecule has 114 valence electrons. The molecular formula is C14H18ClN3O2S. The van der Waals surface area contributed by atoms with Crippen LogP contribution >= 0.6 is 23.4 Å². The molecule has 0 aliphatic heterocycles. The van der Waals surface area contributed by atoms with Crippen molar-refractivity contribution in [2.75, 3.05) is 18.6 Å². The Balaban J connectivity index is 1.83. The van der Waals surface area contributed by atoms with Gasteiger partial charge in [0.1, 0.15) is 11.9 Å². The number of hydrogen-bond acceptors (Lipinski definition) is 4. The van der Waals surface area contributed by atoms with Gasteiger partial charge in [0.2, 0.25) is 5.91 Å². The highest BCUT2D eigenvalue weighted by molar-refractivity contribution is 7.98. The zero-order valence-corrected chi connectivity index (χ0v) is 13.3. The number of halogens is 1. The van der Waals surface area contributed by atoms with Crippen molar-refractivity contribution in [3.8, 4) is 0 Å². The number of imidazole rings is 1. The number of carbonyl (C=O) groups is 1. The average Bonchev–Trinajstić information content (AvgIpc) is 2.86. The lowest BCUT2D eigenvalue weighted by molar-refractivity contribution is -0.129. The van der Waals surface area contributed by atoms with Gasteiger partial charge in [-0.1, -0.05) is 11.6 Å². The minimum Gasteiger partial charge on any atom is -0.383 e. The molecule has 1 aromatic carbocycles. The predicted molar refractivity (Wildman–Crippen MR) is 86.8 cm³/mol. The summed E-state index contributed by atoms with van der Waals surface area (Å²) in [4.78, 5) is 19.2. The number of nitrogens with one attached hydrogen (secondary N) is 2. The van der Waals surface area contributed by atoms with Crippen LogP contribution in [-0.4, -0.2) is 45.6 Å². The summed E-state index contributed by atoms with van der Waals surface area (Å²) in [6.07, 6.45) is 2.05. The highest BCUT2D eigenvalue weighted by Crippen LogP contribution is 2.17. The molecule has 1 amide bonds. The number of aliphatic hydroxyl groups is 1. The molecule has 1 aromatic heterocycles. The monoisotopic (exact) mass is 327 g/mol. The molecular weight excluding hydrogens is 310 g/mol. The van der Waals surface area contributed by atoms with E-state index in [9.17, 15) is 9.90 Å². The standard InChI is InChI=1S/C14H18ClN3O2S/c1-21-7-5-12(19)14(20)16-6-4-13-17-10-3-2-9(15)8-11(10)18-13/h2-3,8,12,19H,4-7H2,1H3,(H,16,20)(H,17,18)/t12-/m0/s1. The van der Waals surface area contributed by atoms with Gasteiger partial charge in [0.15, 0.2) is 0 Å². The van der Waals surface area contributed by atoms with Gasteiger partial charge in [-0.15, -0.1) is 0 Å². The largest absolute Gasteiger partial charge is 0.383 e. The second kappa shape index (κ2) is 7.68.